The number of hydrogen-bond donors (Lipinski definition) is 3. The molecule has 8 heteroatoms. The quantitative estimate of drug-likeness (QED) is 0.438. The Morgan fingerprint density at radius 2 is 1.97 bits per heavy atom. The van der Waals surface area contributed by atoms with Crippen molar-refractivity contribution in [3.63, 3.8) is 0 Å². The molecule has 0 saturated carbocycles. The van der Waals surface area contributed by atoms with Crippen molar-refractivity contribution in [2.45, 2.75) is 25.5 Å². The van der Waals surface area contributed by atoms with Gasteiger partial charge in [0.05, 0.1) is 32.1 Å². The van der Waals surface area contributed by atoms with Crippen LogP contribution in [0.4, 0.5) is 0 Å². The summed E-state index contributed by atoms with van der Waals surface area (Å²) in [5, 5.41) is 18.1. The van der Waals surface area contributed by atoms with Gasteiger partial charge in [0.1, 0.15) is 11.4 Å². The van der Waals surface area contributed by atoms with E-state index in [2.05, 4.69) is 32.7 Å². The van der Waals surface area contributed by atoms with Crippen molar-refractivity contribution in [1.82, 2.24) is 15.5 Å². The van der Waals surface area contributed by atoms with E-state index in [9.17, 15) is 5.11 Å². The highest BCUT2D eigenvalue weighted by Crippen LogP contribution is 2.23. The van der Waals surface area contributed by atoms with Crippen molar-refractivity contribution in [2.75, 3.05) is 45.9 Å². The fourth-order valence-electron chi connectivity index (χ4n) is 3.46. The van der Waals surface area contributed by atoms with Gasteiger partial charge in [0.25, 0.3) is 0 Å². The molecule has 1 aliphatic heterocycles. The lowest BCUT2D eigenvalue weighted by Gasteiger charge is -2.35. The standard InChI is InChI=1S/C22H31ClN4O3/c1-3-24-21(26-16-22(2,28)20-5-4-12-30-20)25-15-19(27-10-13-29-14-11-27)17-6-8-18(23)9-7-17/h4-9,12,19,28H,3,10-11,13-16H2,1-2H3,(H2,24,25,26). The van der Waals surface area contributed by atoms with Crippen LogP contribution in [0.1, 0.15) is 31.2 Å². The summed E-state index contributed by atoms with van der Waals surface area (Å²) in [6.45, 7) is 8.47. The lowest BCUT2D eigenvalue weighted by Crippen LogP contribution is -2.46. The van der Waals surface area contributed by atoms with E-state index in [0.717, 1.165) is 37.9 Å². The fourth-order valence-corrected chi connectivity index (χ4v) is 3.59. The van der Waals surface area contributed by atoms with Gasteiger partial charge in [-0.3, -0.25) is 4.90 Å². The number of rotatable bonds is 8. The lowest BCUT2D eigenvalue weighted by atomic mass is 10.0. The maximum absolute atomic E-state index is 10.7. The molecule has 0 aliphatic carbocycles. The van der Waals surface area contributed by atoms with E-state index in [4.69, 9.17) is 20.8 Å². The molecule has 1 saturated heterocycles. The van der Waals surface area contributed by atoms with Gasteiger partial charge < -0.3 is 24.9 Å². The monoisotopic (exact) mass is 434 g/mol. The molecular formula is C22H31ClN4O3. The number of benzene rings is 1. The third kappa shape index (κ3) is 6.22. The van der Waals surface area contributed by atoms with Gasteiger partial charge in [-0.05, 0) is 43.7 Å². The molecule has 2 heterocycles. The number of nitrogens with one attached hydrogen (secondary N) is 2. The summed E-state index contributed by atoms with van der Waals surface area (Å²) in [5.41, 5.74) is 0.0123. The Balaban J connectivity index is 1.71. The maximum Gasteiger partial charge on any atom is 0.191 e. The topological polar surface area (TPSA) is 82.3 Å². The van der Waals surface area contributed by atoms with Crippen LogP contribution in [-0.2, 0) is 10.3 Å². The second-order valence-electron chi connectivity index (χ2n) is 7.54. The number of halogens is 1. The molecule has 1 fully saturated rings. The molecule has 2 unspecified atom stereocenters. The minimum atomic E-state index is -1.17. The van der Waals surface area contributed by atoms with Crippen molar-refractivity contribution >= 4 is 17.6 Å². The molecule has 7 nitrogen and oxygen atoms in total. The summed E-state index contributed by atoms with van der Waals surface area (Å²) in [6.07, 6.45) is 1.55. The van der Waals surface area contributed by atoms with Gasteiger partial charge in [-0.1, -0.05) is 23.7 Å². The molecule has 0 amide bonds. The average Bonchev–Trinajstić information content (AvgIpc) is 3.30. The van der Waals surface area contributed by atoms with Gasteiger partial charge in [0.2, 0.25) is 0 Å². The minimum Gasteiger partial charge on any atom is -0.466 e. The van der Waals surface area contributed by atoms with E-state index in [0.29, 0.717) is 18.3 Å². The average molecular weight is 435 g/mol. The molecular weight excluding hydrogens is 404 g/mol. The summed E-state index contributed by atoms with van der Waals surface area (Å²) in [4.78, 5) is 6.99. The zero-order valence-corrected chi connectivity index (χ0v) is 18.4. The molecule has 30 heavy (non-hydrogen) atoms. The van der Waals surface area contributed by atoms with Crippen LogP contribution in [0, 0.1) is 0 Å². The normalized spacial score (nSPS) is 18.6. The largest absolute Gasteiger partial charge is 0.466 e. The van der Waals surface area contributed by atoms with Crippen molar-refractivity contribution in [3.05, 3.63) is 59.0 Å². The molecule has 1 aromatic heterocycles. The van der Waals surface area contributed by atoms with Crippen molar-refractivity contribution in [3.8, 4) is 0 Å². The number of morpholine rings is 1. The minimum absolute atomic E-state index is 0.153. The number of hydrogen-bond acceptors (Lipinski definition) is 5. The van der Waals surface area contributed by atoms with E-state index in [1.807, 2.05) is 19.1 Å². The molecule has 3 rings (SSSR count). The Bertz CT molecular complexity index is 787. The van der Waals surface area contributed by atoms with Crippen LogP contribution < -0.4 is 10.6 Å². The predicted octanol–water partition coefficient (Wildman–Crippen LogP) is 2.77. The van der Waals surface area contributed by atoms with Gasteiger partial charge in [-0.15, -0.1) is 0 Å². The third-order valence-corrected chi connectivity index (χ3v) is 5.40. The molecule has 1 aliphatic rings. The first kappa shape index (κ1) is 22.6. The molecule has 0 bridgehead atoms. The highest BCUT2D eigenvalue weighted by Gasteiger charge is 2.27. The number of aliphatic imine (C=N–C) groups is 1. The summed E-state index contributed by atoms with van der Waals surface area (Å²) >= 11 is 6.09. The molecule has 1 aromatic carbocycles. The fraction of sp³-hybridized carbons (Fsp3) is 0.500. The van der Waals surface area contributed by atoms with Crippen molar-refractivity contribution in [1.29, 1.82) is 0 Å². The predicted molar refractivity (Wildman–Crippen MR) is 119 cm³/mol. The lowest BCUT2D eigenvalue weighted by molar-refractivity contribution is 0.0169. The first-order valence-electron chi connectivity index (χ1n) is 10.4. The van der Waals surface area contributed by atoms with Crippen LogP contribution in [-0.4, -0.2) is 61.9 Å². The van der Waals surface area contributed by atoms with Crippen molar-refractivity contribution in [2.24, 2.45) is 4.99 Å². The SMILES string of the molecule is CCNC(=NCC(C)(O)c1ccco1)NCC(c1ccc(Cl)cc1)N1CCOCC1. The summed E-state index contributed by atoms with van der Waals surface area (Å²) in [5.74, 6) is 1.14. The highest BCUT2D eigenvalue weighted by atomic mass is 35.5. The Kier molecular flexibility index (Phi) is 8.16. The number of aliphatic hydroxyl groups is 1. The molecule has 164 valence electrons. The van der Waals surface area contributed by atoms with Gasteiger partial charge in [-0.25, -0.2) is 4.99 Å². The smallest absolute Gasteiger partial charge is 0.191 e. The van der Waals surface area contributed by atoms with Crippen LogP contribution in [0.3, 0.4) is 0 Å². The molecule has 2 atom stereocenters. The zero-order valence-electron chi connectivity index (χ0n) is 17.6. The zero-order chi connectivity index (χ0) is 21.4. The van der Waals surface area contributed by atoms with E-state index in [-0.39, 0.29) is 12.6 Å². The highest BCUT2D eigenvalue weighted by molar-refractivity contribution is 6.30. The van der Waals surface area contributed by atoms with Crippen molar-refractivity contribution < 1.29 is 14.3 Å². The number of guanidine groups is 1. The van der Waals surface area contributed by atoms with Crippen LogP contribution in [0.5, 0.6) is 0 Å². The van der Waals surface area contributed by atoms with E-state index in [1.165, 1.54) is 5.56 Å². The Hall–Kier alpha value is -2.06. The van der Waals surface area contributed by atoms with Crippen LogP contribution >= 0.6 is 11.6 Å². The van der Waals surface area contributed by atoms with Gasteiger partial charge in [-0.2, -0.15) is 0 Å². The van der Waals surface area contributed by atoms with E-state index < -0.39 is 5.60 Å². The first-order valence-corrected chi connectivity index (χ1v) is 10.7. The second kappa shape index (κ2) is 10.8. The van der Waals surface area contributed by atoms with Crippen LogP contribution in [0.25, 0.3) is 0 Å². The number of ether oxygens (including phenoxy) is 1. The number of furan rings is 1. The maximum atomic E-state index is 10.7. The second-order valence-corrected chi connectivity index (χ2v) is 7.98. The van der Waals surface area contributed by atoms with Gasteiger partial charge >= 0.3 is 0 Å². The molecule has 2 aromatic rings. The molecule has 3 N–H and O–H groups in total. The first-order chi connectivity index (χ1) is 14.5. The number of nitrogens with zero attached hydrogens (tertiary/aromatic N) is 2. The molecule has 0 radical (unpaired) electrons. The van der Waals surface area contributed by atoms with Gasteiger partial charge in [0, 0.05) is 31.2 Å². The van der Waals surface area contributed by atoms with Gasteiger partial charge in [0.15, 0.2) is 5.96 Å². The third-order valence-electron chi connectivity index (χ3n) is 5.15. The summed E-state index contributed by atoms with van der Waals surface area (Å²) in [7, 11) is 0. The Morgan fingerprint density at radius 3 is 2.60 bits per heavy atom. The Morgan fingerprint density at radius 1 is 1.23 bits per heavy atom. The summed E-state index contributed by atoms with van der Waals surface area (Å²) in [6, 6.07) is 11.6. The van der Waals surface area contributed by atoms with Crippen LogP contribution in [0.15, 0.2) is 52.1 Å². The van der Waals surface area contributed by atoms with Crippen LogP contribution in [0.2, 0.25) is 5.02 Å². The molecule has 0 spiro atoms. The Labute approximate surface area is 183 Å². The van der Waals surface area contributed by atoms with E-state index in [1.54, 1.807) is 25.3 Å². The summed E-state index contributed by atoms with van der Waals surface area (Å²) < 4.78 is 10.9. The van der Waals surface area contributed by atoms with E-state index >= 15 is 0 Å².